The zero-order valence-corrected chi connectivity index (χ0v) is 12.1. The molecule has 0 aliphatic heterocycles. The van der Waals surface area contributed by atoms with Crippen LogP contribution >= 0.6 is 0 Å². The fraction of sp³-hybridized carbons (Fsp3) is 1.00. The second kappa shape index (κ2) is 5.92. The second-order valence-electron chi connectivity index (χ2n) is 7.68. The quantitative estimate of drug-likeness (QED) is 0.515. The number of hydrogen-bond donors (Lipinski definition) is 0. The molecular weight excluding hydrogens is 180 g/mol. The van der Waals surface area contributed by atoms with Crippen LogP contribution < -0.4 is 0 Å². The van der Waals surface area contributed by atoms with Crippen LogP contribution in [-0.2, 0) is 0 Å². The van der Waals surface area contributed by atoms with E-state index in [9.17, 15) is 0 Å². The molecular formula is C15H32. The standard InChI is InChI=1S/C15H32/c1-13(12-15(5,6)7)10-8-9-11-14(2,3)4/h13H,8-12H2,1-7H3. The van der Waals surface area contributed by atoms with Crippen molar-refractivity contribution in [3.05, 3.63) is 0 Å². The Morgan fingerprint density at radius 2 is 1.33 bits per heavy atom. The summed E-state index contributed by atoms with van der Waals surface area (Å²) in [5.41, 5.74) is 1.02. The molecule has 0 radical (unpaired) electrons. The molecule has 92 valence electrons. The van der Waals surface area contributed by atoms with E-state index in [4.69, 9.17) is 0 Å². The summed E-state index contributed by atoms with van der Waals surface area (Å²) >= 11 is 0. The highest BCUT2D eigenvalue weighted by atomic mass is 14.2. The molecule has 0 aromatic rings. The predicted molar refractivity (Wildman–Crippen MR) is 71.2 cm³/mol. The highest BCUT2D eigenvalue weighted by molar-refractivity contribution is 4.67. The summed E-state index contributed by atoms with van der Waals surface area (Å²) in [6.45, 7) is 16.5. The first-order valence-corrected chi connectivity index (χ1v) is 6.60. The van der Waals surface area contributed by atoms with Crippen LogP contribution in [0.5, 0.6) is 0 Å². The Labute approximate surface area is 97.8 Å². The summed E-state index contributed by atoms with van der Waals surface area (Å²) in [6.07, 6.45) is 6.96. The maximum Gasteiger partial charge on any atom is -0.0380 e. The first-order chi connectivity index (χ1) is 6.60. The molecule has 0 amide bonds. The molecule has 0 heteroatoms. The third-order valence-corrected chi connectivity index (χ3v) is 2.83. The maximum atomic E-state index is 2.41. The van der Waals surface area contributed by atoms with Crippen molar-refractivity contribution in [3.63, 3.8) is 0 Å². The first-order valence-electron chi connectivity index (χ1n) is 6.60. The van der Waals surface area contributed by atoms with Crippen molar-refractivity contribution in [1.29, 1.82) is 0 Å². The van der Waals surface area contributed by atoms with Gasteiger partial charge in [0.05, 0.1) is 0 Å². The maximum absolute atomic E-state index is 2.41. The average molecular weight is 212 g/mol. The fourth-order valence-electron chi connectivity index (χ4n) is 2.30. The summed E-state index contributed by atoms with van der Waals surface area (Å²) in [4.78, 5) is 0. The van der Waals surface area contributed by atoms with Crippen molar-refractivity contribution in [2.45, 2.75) is 80.6 Å². The molecule has 0 saturated heterocycles. The minimum atomic E-state index is 0.503. The van der Waals surface area contributed by atoms with Crippen LogP contribution in [0, 0.1) is 16.7 Å². The van der Waals surface area contributed by atoms with Gasteiger partial charge in [-0.2, -0.15) is 0 Å². The topological polar surface area (TPSA) is 0 Å². The third-order valence-electron chi connectivity index (χ3n) is 2.83. The van der Waals surface area contributed by atoms with Gasteiger partial charge >= 0.3 is 0 Å². The van der Waals surface area contributed by atoms with Crippen LogP contribution in [0.15, 0.2) is 0 Å². The molecule has 0 fully saturated rings. The van der Waals surface area contributed by atoms with E-state index in [1.54, 1.807) is 0 Å². The van der Waals surface area contributed by atoms with Gasteiger partial charge in [0.25, 0.3) is 0 Å². The van der Waals surface area contributed by atoms with Gasteiger partial charge in [-0.05, 0) is 29.6 Å². The van der Waals surface area contributed by atoms with E-state index in [0.29, 0.717) is 10.8 Å². The van der Waals surface area contributed by atoms with Gasteiger partial charge in [-0.3, -0.25) is 0 Å². The number of hydrogen-bond acceptors (Lipinski definition) is 0. The normalized spacial score (nSPS) is 15.4. The van der Waals surface area contributed by atoms with Gasteiger partial charge in [-0.15, -0.1) is 0 Å². The highest BCUT2D eigenvalue weighted by Gasteiger charge is 2.15. The summed E-state index contributed by atoms with van der Waals surface area (Å²) in [5.74, 6) is 0.893. The molecule has 0 heterocycles. The average Bonchev–Trinajstić information content (AvgIpc) is 1.92. The molecule has 0 aliphatic rings. The van der Waals surface area contributed by atoms with Gasteiger partial charge in [-0.1, -0.05) is 67.7 Å². The first kappa shape index (κ1) is 15.0. The molecule has 1 atom stereocenters. The van der Waals surface area contributed by atoms with Crippen molar-refractivity contribution < 1.29 is 0 Å². The SMILES string of the molecule is CC(CCCCC(C)(C)C)CC(C)(C)C. The minimum absolute atomic E-state index is 0.503. The minimum Gasteiger partial charge on any atom is -0.0625 e. The zero-order valence-electron chi connectivity index (χ0n) is 12.1. The Kier molecular flexibility index (Phi) is 5.92. The summed E-state index contributed by atoms with van der Waals surface area (Å²) in [6, 6.07) is 0. The summed E-state index contributed by atoms with van der Waals surface area (Å²) in [7, 11) is 0. The predicted octanol–water partition coefficient (Wildman–Crippen LogP) is 5.67. The highest BCUT2D eigenvalue weighted by Crippen LogP contribution is 2.28. The molecule has 0 nitrogen and oxygen atoms in total. The van der Waals surface area contributed by atoms with E-state index in [1.165, 1.54) is 32.1 Å². The Hall–Kier alpha value is 0. The van der Waals surface area contributed by atoms with Gasteiger partial charge in [0, 0.05) is 0 Å². The van der Waals surface area contributed by atoms with Crippen LogP contribution in [0.2, 0.25) is 0 Å². The largest absolute Gasteiger partial charge is 0.0625 e. The lowest BCUT2D eigenvalue weighted by Crippen LogP contribution is -2.11. The summed E-state index contributed by atoms with van der Waals surface area (Å²) < 4.78 is 0. The molecule has 0 rings (SSSR count). The van der Waals surface area contributed by atoms with Crippen LogP contribution in [-0.4, -0.2) is 0 Å². The smallest absolute Gasteiger partial charge is 0.0380 e. The van der Waals surface area contributed by atoms with E-state index in [1.807, 2.05) is 0 Å². The lowest BCUT2D eigenvalue weighted by molar-refractivity contribution is 0.284. The third kappa shape index (κ3) is 11.9. The fourth-order valence-corrected chi connectivity index (χ4v) is 2.30. The van der Waals surface area contributed by atoms with E-state index < -0.39 is 0 Å². The van der Waals surface area contributed by atoms with Crippen molar-refractivity contribution in [1.82, 2.24) is 0 Å². The van der Waals surface area contributed by atoms with Crippen molar-refractivity contribution >= 4 is 0 Å². The molecule has 0 saturated carbocycles. The van der Waals surface area contributed by atoms with Gasteiger partial charge in [0.15, 0.2) is 0 Å². The molecule has 0 aromatic carbocycles. The monoisotopic (exact) mass is 212 g/mol. The van der Waals surface area contributed by atoms with E-state index in [0.717, 1.165) is 5.92 Å². The zero-order chi connectivity index (χ0) is 12.1. The van der Waals surface area contributed by atoms with Crippen LogP contribution in [0.3, 0.4) is 0 Å². The van der Waals surface area contributed by atoms with Gasteiger partial charge in [-0.25, -0.2) is 0 Å². The molecule has 0 spiro atoms. The van der Waals surface area contributed by atoms with Crippen molar-refractivity contribution in [2.24, 2.45) is 16.7 Å². The lowest BCUT2D eigenvalue weighted by Gasteiger charge is -2.23. The van der Waals surface area contributed by atoms with E-state index in [-0.39, 0.29) is 0 Å². The van der Waals surface area contributed by atoms with Crippen LogP contribution in [0.1, 0.15) is 80.6 Å². The van der Waals surface area contributed by atoms with Crippen molar-refractivity contribution in [3.8, 4) is 0 Å². The van der Waals surface area contributed by atoms with Crippen LogP contribution in [0.25, 0.3) is 0 Å². The van der Waals surface area contributed by atoms with Gasteiger partial charge in [0.1, 0.15) is 0 Å². The van der Waals surface area contributed by atoms with Gasteiger partial charge < -0.3 is 0 Å². The molecule has 0 N–H and O–H groups in total. The molecule has 0 bridgehead atoms. The summed E-state index contributed by atoms with van der Waals surface area (Å²) in [5, 5.41) is 0. The van der Waals surface area contributed by atoms with Crippen LogP contribution in [0.4, 0.5) is 0 Å². The van der Waals surface area contributed by atoms with E-state index in [2.05, 4.69) is 48.5 Å². The van der Waals surface area contributed by atoms with E-state index >= 15 is 0 Å². The van der Waals surface area contributed by atoms with Crippen molar-refractivity contribution in [2.75, 3.05) is 0 Å². The Morgan fingerprint density at radius 3 is 1.73 bits per heavy atom. The molecule has 1 unspecified atom stereocenters. The molecule has 0 aliphatic carbocycles. The second-order valence-corrected chi connectivity index (χ2v) is 7.68. The Morgan fingerprint density at radius 1 is 0.800 bits per heavy atom. The number of unbranched alkanes of at least 4 members (excludes halogenated alkanes) is 1. The van der Waals surface area contributed by atoms with Gasteiger partial charge in [0.2, 0.25) is 0 Å². The Balaban J connectivity index is 3.52. The lowest BCUT2D eigenvalue weighted by atomic mass is 9.82. The Bertz CT molecular complexity index is 154. The molecule has 0 aromatic heterocycles. The molecule has 15 heavy (non-hydrogen) atoms. The number of rotatable bonds is 5.